The Bertz CT molecular complexity index is 1580. The van der Waals surface area contributed by atoms with E-state index in [0.717, 1.165) is 65.8 Å². The number of hydrogen-bond donors (Lipinski definition) is 3. The van der Waals surface area contributed by atoms with Crippen molar-refractivity contribution in [2.75, 3.05) is 0 Å². The number of carbonyl (C=O) groups excluding carboxylic acids is 1. The van der Waals surface area contributed by atoms with Gasteiger partial charge < -0.3 is 19.5 Å². The van der Waals surface area contributed by atoms with Crippen LogP contribution in [0.5, 0.6) is 0 Å². The number of carboxylic acids is 1. The second-order valence-electron chi connectivity index (χ2n) is 10.4. The number of hydrogen-bond acceptors (Lipinski definition) is 6. The highest BCUT2D eigenvalue weighted by Crippen LogP contribution is 2.21. The van der Waals surface area contributed by atoms with E-state index in [0.29, 0.717) is 19.3 Å². The van der Waals surface area contributed by atoms with Gasteiger partial charge in [0.15, 0.2) is 11.2 Å². The maximum absolute atomic E-state index is 13.6. The molecule has 4 rings (SSSR count). The molecule has 214 valence electrons. The lowest BCUT2D eigenvalue weighted by Crippen LogP contribution is -2.50. The molecule has 3 aromatic heterocycles. The van der Waals surface area contributed by atoms with E-state index < -0.39 is 29.4 Å². The maximum Gasteiger partial charge on any atom is 0.333 e. The Labute approximate surface area is 231 Å². The summed E-state index contributed by atoms with van der Waals surface area (Å²) in [6.07, 6.45) is 11.2. The number of nitrogens with zero attached hydrogens (tertiary/aromatic N) is 4. The molecule has 3 heterocycles. The third-order valence-corrected chi connectivity index (χ3v) is 7.55. The lowest BCUT2D eigenvalue weighted by atomic mass is 10.0. The first-order chi connectivity index (χ1) is 19.3. The predicted molar refractivity (Wildman–Crippen MR) is 153 cm³/mol. The van der Waals surface area contributed by atoms with Crippen molar-refractivity contribution < 1.29 is 14.7 Å². The van der Waals surface area contributed by atoms with Gasteiger partial charge in [-0.25, -0.2) is 14.3 Å². The summed E-state index contributed by atoms with van der Waals surface area (Å²) in [5, 5.41) is 14.3. The minimum Gasteiger partial charge on any atom is -0.480 e. The molecule has 0 aliphatic rings. The molecule has 0 aliphatic carbocycles. The Kier molecular flexibility index (Phi) is 9.70. The van der Waals surface area contributed by atoms with Gasteiger partial charge in [-0.1, -0.05) is 56.7 Å². The highest BCUT2D eigenvalue weighted by molar-refractivity contribution is 5.84. The fourth-order valence-corrected chi connectivity index (χ4v) is 5.34. The number of fused-ring (bicyclic) bond motifs is 2. The molecular weight excluding hydrogens is 512 g/mol. The van der Waals surface area contributed by atoms with Crippen molar-refractivity contribution in [2.45, 2.75) is 76.4 Å². The summed E-state index contributed by atoms with van der Waals surface area (Å²) in [5.74, 6) is -1.06. The highest BCUT2D eigenvalue weighted by Gasteiger charge is 2.27. The van der Waals surface area contributed by atoms with Crippen molar-refractivity contribution >= 4 is 34.3 Å². The number of H-pyrrole nitrogens is 1. The van der Waals surface area contributed by atoms with Gasteiger partial charge in [-0.2, -0.15) is 0 Å². The molecule has 0 saturated carbocycles. The molecule has 4 aromatic rings. The molecule has 0 bridgehead atoms. The van der Waals surface area contributed by atoms with Crippen LogP contribution in [0.25, 0.3) is 22.1 Å². The summed E-state index contributed by atoms with van der Waals surface area (Å²) in [4.78, 5) is 57.3. The first-order valence-corrected chi connectivity index (χ1v) is 13.9. The van der Waals surface area contributed by atoms with E-state index in [-0.39, 0.29) is 17.6 Å². The second kappa shape index (κ2) is 13.4. The van der Waals surface area contributed by atoms with E-state index in [2.05, 4.69) is 15.3 Å². The van der Waals surface area contributed by atoms with Crippen molar-refractivity contribution in [1.29, 1.82) is 0 Å². The average molecular weight is 551 g/mol. The van der Waals surface area contributed by atoms with Gasteiger partial charge in [0.1, 0.15) is 12.3 Å². The molecule has 0 saturated heterocycles. The lowest BCUT2D eigenvalue weighted by molar-refractivity contribution is -0.140. The molecule has 11 heteroatoms. The summed E-state index contributed by atoms with van der Waals surface area (Å²) in [6.45, 7) is 0. The van der Waals surface area contributed by atoms with Crippen LogP contribution in [-0.2, 0) is 30.1 Å². The molecule has 0 amide bonds. The number of carboxylic acid groups (broad SMARTS) is 1. The van der Waals surface area contributed by atoms with E-state index in [1.165, 1.54) is 10.9 Å². The Morgan fingerprint density at radius 3 is 2.50 bits per heavy atom. The third kappa shape index (κ3) is 6.41. The monoisotopic (exact) mass is 550 g/mol. The molecular formula is C29H38N6O5. The predicted octanol–water partition coefficient (Wildman–Crippen LogP) is 3.41. The first kappa shape index (κ1) is 29.0. The zero-order chi connectivity index (χ0) is 28.6. The maximum atomic E-state index is 13.6. The molecule has 0 fully saturated rings. The molecule has 3 N–H and O–H groups in total. The minimum atomic E-state index is -1.06. The number of aldehydes is 1. The van der Waals surface area contributed by atoms with Crippen LogP contribution in [0.4, 0.5) is 0 Å². The fraction of sp³-hybridized carbons (Fsp3) is 0.483. The summed E-state index contributed by atoms with van der Waals surface area (Å²) < 4.78 is 4.06. The average Bonchev–Trinajstić information content (AvgIpc) is 3.53. The molecule has 2 atom stereocenters. The normalized spacial score (nSPS) is 13.2. The lowest BCUT2D eigenvalue weighted by Gasteiger charge is -2.25. The van der Waals surface area contributed by atoms with Crippen molar-refractivity contribution in [1.82, 2.24) is 29.0 Å². The fourth-order valence-electron chi connectivity index (χ4n) is 5.34. The molecule has 0 aliphatic heterocycles. The van der Waals surface area contributed by atoms with Gasteiger partial charge in [0.05, 0.1) is 12.5 Å². The number of nitrogens with one attached hydrogen (secondary N) is 2. The molecule has 40 heavy (non-hydrogen) atoms. The number of aromatic nitrogens is 5. The molecule has 1 aromatic carbocycles. The zero-order valence-corrected chi connectivity index (χ0v) is 23.1. The number of carbonyl (C=O) groups is 2. The summed E-state index contributed by atoms with van der Waals surface area (Å²) in [6, 6.07) is 6.65. The van der Waals surface area contributed by atoms with E-state index >= 15 is 0 Å². The number of aryl methyl sites for hydroxylation is 2. The van der Waals surface area contributed by atoms with Crippen molar-refractivity contribution in [3.63, 3.8) is 0 Å². The Balaban J connectivity index is 1.58. The molecule has 0 spiro atoms. The Hall–Kier alpha value is -3.99. The Morgan fingerprint density at radius 2 is 1.77 bits per heavy atom. The minimum absolute atomic E-state index is 0.180. The van der Waals surface area contributed by atoms with Crippen LogP contribution in [0, 0.1) is 0 Å². The summed E-state index contributed by atoms with van der Waals surface area (Å²) >= 11 is 0. The number of aromatic amines is 1. The van der Waals surface area contributed by atoms with Crippen molar-refractivity contribution in [2.24, 2.45) is 14.1 Å². The number of imidazole rings is 1. The smallest absolute Gasteiger partial charge is 0.333 e. The molecule has 0 radical (unpaired) electrons. The van der Waals surface area contributed by atoms with Crippen LogP contribution in [0.2, 0.25) is 0 Å². The van der Waals surface area contributed by atoms with Crippen LogP contribution >= 0.6 is 0 Å². The van der Waals surface area contributed by atoms with Gasteiger partial charge >= 0.3 is 11.7 Å². The van der Waals surface area contributed by atoms with Gasteiger partial charge in [-0.15, -0.1) is 0 Å². The quantitative estimate of drug-likeness (QED) is 0.143. The topological polar surface area (TPSA) is 144 Å². The van der Waals surface area contributed by atoms with Gasteiger partial charge in [0.25, 0.3) is 5.56 Å². The van der Waals surface area contributed by atoms with E-state index in [1.807, 2.05) is 24.3 Å². The van der Waals surface area contributed by atoms with Crippen LogP contribution in [0.15, 0.2) is 46.4 Å². The number of unbranched alkanes of at least 4 members (excludes halogenated alkanes) is 7. The standard InChI is InChI=1S/C29H38N6O5/c1-33-19-31-26-25(33)27(37)35(29(40)34(26)2)24(15-9-7-5-3-4-6-8-12-16-36)32-23(28(38)39)17-20-18-30-22-14-11-10-13-21(20)22/h10-11,13-14,16,18-19,23-24,30,32H,3-9,12,15,17H2,1-2H3,(H,38,39). The van der Waals surface area contributed by atoms with E-state index in [4.69, 9.17) is 0 Å². The van der Waals surface area contributed by atoms with Crippen molar-refractivity contribution in [3.8, 4) is 0 Å². The van der Waals surface area contributed by atoms with Crippen molar-refractivity contribution in [3.05, 3.63) is 63.2 Å². The van der Waals surface area contributed by atoms with Crippen LogP contribution in [0.3, 0.4) is 0 Å². The van der Waals surface area contributed by atoms with E-state index in [9.17, 15) is 24.3 Å². The molecule has 11 nitrogen and oxygen atoms in total. The number of benzene rings is 1. The van der Waals surface area contributed by atoms with E-state index in [1.54, 1.807) is 24.9 Å². The van der Waals surface area contributed by atoms with Crippen LogP contribution in [0.1, 0.15) is 69.5 Å². The van der Waals surface area contributed by atoms with Gasteiger partial charge in [-0.05, 0) is 24.5 Å². The summed E-state index contributed by atoms with van der Waals surface area (Å²) in [5.41, 5.74) is 1.28. The molecule has 2 unspecified atom stereocenters. The van der Waals surface area contributed by atoms with Crippen LogP contribution < -0.4 is 16.6 Å². The number of rotatable bonds is 16. The third-order valence-electron chi connectivity index (χ3n) is 7.55. The van der Waals surface area contributed by atoms with Gasteiger partial charge in [-0.3, -0.25) is 19.5 Å². The number of aliphatic carboxylic acids is 1. The second-order valence-corrected chi connectivity index (χ2v) is 10.4. The van der Waals surface area contributed by atoms with Crippen LogP contribution in [-0.4, -0.2) is 47.1 Å². The Morgan fingerprint density at radius 1 is 1.07 bits per heavy atom. The highest BCUT2D eigenvalue weighted by atomic mass is 16.4. The first-order valence-electron chi connectivity index (χ1n) is 13.9. The largest absolute Gasteiger partial charge is 0.480 e. The van der Waals surface area contributed by atoms with Gasteiger partial charge in [0.2, 0.25) is 0 Å². The zero-order valence-electron chi connectivity index (χ0n) is 23.1. The van der Waals surface area contributed by atoms with Gasteiger partial charge in [0, 0.05) is 44.0 Å². The number of para-hydroxylation sites is 1. The summed E-state index contributed by atoms with van der Waals surface area (Å²) in [7, 11) is 3.26. The SMILES string of the molecule is Cn1cnc2c1c(=O)n(C(CCCCCCCCCC=O)NC(Cc1c[nH]c3ccccc13)C(=O)O)c(=O)n2C.